The maximum absolute atomic E-state index is 13.0. The number of rotatable bonds is 4. The van der Waals surface area contributed by atoms with E-state index < -0.39 is 0 Å². The Balaban J connectivity index is 1.21. The van der Waals surface area contributed by atoms with Gasteiger partial charge in [0.2, 0.25) is 11.7 Å². The third-order valence-corrected chi connectivity index (χ3v) is 6.60. The van der Waals surface area contributed by atoms with Crippen molar-refractivity contribution in [3.63, 3.8) is 0 Å². The fourth-order valence-electron chi connectivity index (χ4n) is 4.58. The molecule has 2 heterocycles. The standard InChI is InChI=1S/C25H28N4O2/c1-17-6-8-20(9-7-17)23-26-24(31-27-23)18(2)28-12-14-29(15-13-28)25(30)22-11-10-19-4-3-5-21(19)16-22/h6-11,16,18H,3-5,12-15H2,1-2H3/t18-/m0/s1. The van der Waals surface area contributed by atoms with Crippen molar-refractivity contribution in [1.82, 2.24) is 19.9 Å². The maximum atomic E-state index is 13.0. The van der Waals surface area contributed by atoms with Crippen LogP contribution in [0, 0.1) is 6.92 Å². The SMILES string of the molecule is Cc1ccc(-c2noc([C@H](C)N3CCN(C(=O)c4ccc5c(c4)CCC5)CC3)n2)cc1. The summed E-state index contributed by atoms with van der Waals surface area (Å²) in [4.78, 5) is 21.9. The van der Waals surface area contributed by atoms with Gasteiger partial charge in [0.05, 0.1) is 6.04 Å². The van der Waals surface area contributed by atoms with Crippen LogP contribution in [0.4, 0.5) is 0 Å². The zero-order valence-corrected chi connectivity index (χ0v) is 18.2. The second kappa shape index (κ2) is 8.27. The Morgan fingerprint density at radius 3 is 2.52 bits per heavy atom. The Labute approximate surface area is 182 Å². The van der Waals surface area contributed by atoms with Gasteiger partial charge in [-0.05, 0) is 56.4 Å². The molecule has 6 heteroatoms. The molecule has 1 saturated heterocycles. The second-order valence-electron chi connectivity index (χ2n) is 8.66. The third kappa shape index (κ3) is 4.00. The topological polar surface area (TPSA) is 62.5 Å². The summed E-state index contributed by atoms with van der Waals surface area (Å²) in [6.07, 6.45) is 3.43. The van der Waals surface area contributed by atoms with E-state index in [1.165, 1.54) is 23.1 Å². The first-order chi connectivity index (χ1) is 15.1. The summed E-state index contributed by atoms with van der Waals surface area (Å²) in [7, 11) is 0. The van der Waals surface area contributed by atoms with Crippen LogP contribution in [0.2, 0.25) is 0 Å². The van der Waals surface area contributed by atoms with Gasteiger partial charge >= 0.3 is 0 Å². The molecule has 0 spiro atoms. The van der Waals surface area contributed by atoms with E-state index in [-0.39, 0.29) is 11.9 Å². The van der Waals surface area contributed by atoms with Gasteiger partial charge in [0.25, 0.3) is 5.91 Å². The zero-order valence-electron chi connectivity index (χ0n) is 18.2. The first-order valence-corrected chi connectivity index (χ1v) is 11.1. The van der Waals surface area contributed by atoms with Crippen LogP contribution in [0.15, 0.2) is 47.0 Å². The molecule has 0 bridgehead atoms. The highest BCUT2D eigenvalue weighted by Gasteiger charge is 2.28. The molecule has 6 nitrogen and oxygen atoms in total. The molecule has 0 saturated carbocycles. The Kier molecular flexibility index (Phi) is 5.32. The molecule has 5 rings (SSSR count). The van der Waals surface area contributed by atoms with Crippen LogP contribution < -0.4 is 0 Å². The summed E-state index contributed by atoms with van der Waals surface area (Å²) in [6, 6.07) is 14.4. The average molecular weight is 417 g/mol. The largest absolute Gasteiger partial charge is 0.337 e. The predicted octanol–water partition coefficient (Wildman–Crippen LogP) is 4.05. The molecule has 0 unspecified atom stereocenters. The van der Waals surface area contributed by atoms with Gasteiger partial charge in [-0.25, -0.2) is 0 Å². The molecule has 1 aliphatic carbocycles. The second-order valence-corrected chi connectivity index (χ2v) is 8.66. The lowest BCUT2D eigenvalue weighted by Gasteiger charge is -2.36. The van der Waals surface area contributed by atoms with Gasteiger partial charge in [-0.3, -0.25) is 9.69 Å². The Bertz CT molecular complexity index is 1080. The molecule has 3 aromatic rings. The smallest absolute Gasteiger partial charge is 0.253 e. The van der Waals surface area contributed by atoms with Crippen molar-refractivity contribution in [3.8, 4) is 11.4 Å². The van der Waals surface area contributed by atoms with E-state index in [1.807, 2.05) is 35.2 Å². The van der Waals surface area contributed by atoms with Gasteiger partial charge in [-0.2, -0.15) is 4.98 Å². The summed E-state index contributed by atoms with van der Waals surface area (Å²) in [5.74, 6) is 1.38. The van der Waals surface area contributed by atoms with Crippen molar-refractivity contribution in [2.45, 2.75) is 39.2 Å². The first-order valence-electron chi connectivity index (χ1n) is 11.1. The van der Waals surface area contributed by atoms with Crippen molar-refractivity contribution in [2.75, 3.05) is 26.2 Å². The number of hydrogen-bond donors (Lipinski definition) is 0. The minimum Gasteiger partial charge on any atom is -0.337 e. The van der Waals surface area contributed by atoms with Gasteiger partial charge in [-0.15, -0.1) is 0 Å². The van der Waals surface area contributed by atoms with Gasteiger partial charge in [-0.1, -0.05) is 41.1 Å². The Morgan fingerprint density at radius 2 is 1.74 bits per heavy atom. The van der Waals surface area contributed by atoms with Crippen molar-refractivity contribution in [2.24, 2.45) is 0 Å². The van der Waals surface area contributed by atoms with E-state index >= 15 is 0 Å². The highest BCUT2D eigenvalue weighted by Crippen LogP contribution is 2.26. The maximum Gasteiger partial charge on any atom is 0.253 e. The minimum atomic E-state index is 0.0175. The van der Waals surface area contributed by atoms with Crippen LogP contribution in [0.5, 0.6) is 0 Å². The van der Waals surface area contributed by atoms with E-state index in [1.54, 1.807) is 0 Å². The number of fused-ring (bicyclic) bond motifs is 1. The normalized spacial score (nSPS) is 17.5. The molecule has 1 atom stereocenters. The summed E-state index contributed by atoms with van der Waals surface area (Å²) in [6.45, 7) is 7.14. The molecular formula is C25H28N4O2. The van der Waals surface area contributed by atoms with Gasteiger partial charge < -0.3 is 9.42 Å². The number of nitrogens with zero attached hydrogens (tertiary/aromatic N) is 4. The molecule has 1 aliphatic heterocycles. The fourth-order valence-corrected chi connectivity index (χ4v) is 4.58. The van der Waals surface area contributed by atoms with Crippen LogP contribution in [0.25, 0.3) is 11.4 Å². The highest BCUT2D eigenvalue weighted by molar-refractivity contribution is 5.94. The van der Waals surface area contributed by atoms with Crippen molar-refractivity contribution in [3.05, 3.63) is 70.6 Å². The number of carbonyl (C=O) groups is 1. The van der Waals surface area contributed by atoms with Crippen LogP contribution in [0.1, 0.15) is 52.3 Å². The van der Waals surface area contributed by atoms with Crippen LogP contribution >= 0.6 is 0 Å². The Morgan fingerprint density at radius 1 is 1.00 bits per heavy atom. The quantitative estimate of drug-likeness (QED) is 0.642. The molecule has 160 valence electrons. The summed E-state index contributed by atoms with van der Waals surface area (Å²) < 4.78 is 5.57. The van der Waals surface area contributed by atoms with E-state index in [9.17, 15) is 4.79 Å². The predicted molar refractivity (Wildman–Crippen MR) is 119 cm³/mol. The van der Waals surface area contributed by atoms with Crippen LogP contribution in [-0.2, 0) is 12.8 Å². The molecule has 1 aromatic heterocycles. The number of aromatic nitrogens is 2. The lowest BCUT2D eigenvalue weighted by Crippen LogP contribution is -2.49. The van der Waals surface area contributed by atoms with Crippen molar-refractivity contribution >= 4 is 5.91 Å². The van der Waals surface area contributed by atoms with E-state index in [0.717, 1.165) is 37.1 Å². The fraction of sp³-hybridized carbons (Fsp3) is 0.400. The number of aryl methyl sites for hydroxylation is 3. The number of amides is 1. The average Bonchev–Trinajstić information content (AvgIpc) is 3.48. The summed E-state index contributed by atoms with van der Waals surface area (Å²) >= 11 is 0. The molecule has 1 amide bonds. The highest BCUT2D eigenvalue weighted by atomic mass is 16.5. The van der Waals surface area contributed by atoms with Crippen LogP contribution in [0.3, 0.4) is 0 Å². The zero-order chi connectivity index (χ0) is 21.4. The monoisotopic (exact) mass is 416 g/mol. The number of carbonyl (C=O) groups excluding carboxylic acids is 1. The summed E-state index contributed by atoms with van der Waals surface area (Å²) in [5, 5.41) is 4.17. The third-order valence-electron chi connectivity index (χ3n) is 6.60. The van der Waals surface area contributed by atoms with Crippen molar-refractivity contribution < 1.29 is 9.32 Å². The number of piperazine rings is 1. The summed E-state index contributed by atoms with van der Waals surface area (Å²) in [5.41, 5.74) is 5.73. The minimum absolute atomic E-state index is 0.0175. The lowest BCUT2D eigenvalue weighted by atomic mass is 10.1. The Hall–Kier alpha value is -2.99. The van der Waals surface area contributed by atoms with Crippen LogP contribution in [-0.4, -0.2) is 52.0 Å². The first kappa shape index (κ1) is 19.9. The number of benzene rings is 2. The number of hydrogen-bond acceptors (Lipinski definition) is 5. The van der Waals surface area contributed by atoms with Gasteiger partial charge in [0.15, 0.2) is 0 Å². The van der Waals surface area contributed by atoms with E-state index in [0.29, 0.717) is 24.8 Å². The van der Waals surface area contributed by atoms with Gasteiger partial charge in [0.1, 0.15) is 0 Å². The molecular weight excluding hydrogens is 388 g/mol. The van der Waals surface area contributed by atoms with Gasteiger partial charge in [0, 0.05) is 37.3 Å². The molecule has 2 aliphatic rings. The van der Waals surface area contributed by atoms with E-state index in [4.69, 9.17) is 4.52 Å². The molecule has 0 N–H and O–H groups in total. The lowest BCUT2D eigenvalue weighted by molar-refractivity contribution is 0.0551. The molecule has 1 fully saturated rings. The van der Waals surface area contributed by atoms with Crippen molar-refractivity contribution in [1.29, 1.82) is 0 Å². The molecule has 31 heavy (non-hydrogen) atoms. The molecule has 2 aromatic carbocycles. The molecule has 0 radical (unpaired) electrons. The van der Waals surface area contributed by atoms with E-state index in [2.05, 4.69) is 41.0 Å².